The second-order valence-corrected chi connectivity index (χ2v) is 4.98. The summed E-state index contributed by atoms with van der Waals surface area (Å²) >= 11 is 0. The van der Waals surface area contributed by atoms with Crippen LogP contribution in [0.1, 0.15) is 23.6 Å². The van der Waals surface area contributed by atoms with Crippen molar-refractivity contribution in [2.24, 2.45) is 4.99 Å². The van der Waals surface area contributed by atoms with Gasteiger partial charge in [-0.15, -0.1) is 0 Å². The first-order valence-electron chi connectivity index (χ1n) is 6.59. The van der Waals surface area contributed by atoms with E-state index < -0.39 is 5.91 Å². The van der Waals surface area contributed by atoms with Crippen LogP contribution in [0, 0.1) is 11.3 Å². The minimum Gasteiger partial charge on any atom is -0.266 e. The minimum atomic E-state index is -0.417. The molecule has 2 aromatic rings. The van der Waals surface area contributed by atoms with Gasteiger partial charge in [0.1, 0.15) is 11.6 Å². The Labute approximate surface area is 115 Å². The molecule has 94 valence electrons. The number of nitriles is 1. The summed E-state index contributed by atoms with van der Waals surface area (Å²) in [6.07, 6.45) is 0.954. The van der Waals surface area contributed by atoms with Gasteiger partial charge in [-0.3, -0.25) is 4.79 Å². The van der Waals surface area contributed by atoms with Gasteiger partial charge >= 0.3 is 0 Å². The molecule has 0 saturated heterocycles. The van der Waals surface area contributed by atoms with Crippen LogP contribution in [-0.2, 0) is 11.2 Å². The van der Waals surface area contributed by atoms with Crippen LogP contribution < -0.4 is 0 Å². The van der Waals surface area contributed by atoms with E-state index in [0.717, 1.165) is 22.9 Å². The Morgan fingerprint density at radius 2 is 2.05 bits per heavy atom. The lowest BCUT2D eigenvalue weighted by molar-refractivity contribution is -0.113. The molecular weight excluding hydrogens is 248 g/mol. The van der Waals surface area contributed by atoms with E-state index in [4.69, 9.17) is 0 Å². The maximum absolute atomic E-state index is 11.8. The molecule has 3 nitrogen and oxygen atoms in total. The van der Waals surface area contributed by atoms with Gasteiger partial charge < -0.3 is 0 Å². The van der Waals surface area contributed by atoms with Crippen molar-refractivity contribution in [2.45, 2.75) is 13.3 Å². The van der Waals surface area contributed by atoms with E-state index in [9.17, 15) is 10.1 Å². The Morgan fingerprint density at radius 1 is 1.20 bits per heavy atom. The number of aliphatic imine (C=N–C) groups is 1. The fraction of sp³-hybridized carbons (Fsp3) is 0.118. The number of hydrogen-bond acceptors (Lipinski definition) is 2. The molecule has 0 unspecified atom stereocenters. The van der Waals surface area contributed by atoms with Gasteiger partial charge in [-0.1, -0.05) is 37.3 Å². The second kappa shape index (κ2) is 3.64. The molecule has 3 heteroatoms. The number of nitrogens with zero attached hydrogens (tertiary/aromatic N) is 2. The van der Waals surface area contributed by atoms with Gasteiger partial charge in [0.2, 0.25) is 0 Å². The smallest absolute Gasteiger partial charge is 0.266 e. The molecule has 0 spiro atoms. The molecule has 2 aliphatic rings. The van der Waals surface area contributed by atoms with Crippen LogP contribution in [0.4, 0.5) is 0 Å². The van der Waals surface area contributed by atoms with E-state index in [-0.39, 0.29) is 5.57 Å². The molecule has 1 aliphatic carbocycles. The quantitative estimate of drug-likeness (QED) is 0.789. The third kappa shape index (κ3) is 1.14. The average molecular weight is 258 g/mol. The number of hydrogen-bond donors (Lipinski definition) is 0. The molecular formula is C17H10N2O. The molecule has 0 saturated carbocycles. The predicted molar refractivity (Wildman–Crippen MR) is 77.4 cm³/mol. The number of aryl methyl sites for hydroxylation is 1. The van der Waals surface area contributed by atoms with E-state index in [0.29, 0.717) is 11.3 Å². The lowest BCUT2D eigenvalue weighted by Gasteiger charge is -2.06. The second-order valence-electron chi connectivity index (χ2n) is 4.98. The number of fused-ring (bicyclic) bond motifs is 3. The number of amides is 1. The Morgan fingerprint density at radius 3 is 2.80 bits per heavy atom. The van der Waals surface area contributed by atoms with Gasteiger partial charge in [0.05, 0.1) is 5.71 Å². The van der Waals surface area contributed by atoms with E-state index in [1.165, 1.54) is 10.9 Å². The van der Waals surface area contributed by atoms with Crippen molar-refractivity contribution >= 4 is 28.0 Å². The van der Waals surface area contributed by atoms with Crippen LogP contribution in [0.25, 0.3) is 16.3 Å². The van der Waals surface area contributed by atoms with Gasteiger partial charge in [0.15, 0.2) is 0 Å². The van der Waals surface area contributed by atoms with Crippen molar-refractivity contribution in [1.29, 1.82) is 5.26 Å². The largest absolute Gasteiger partial charge is 0.288 e. The summed E-state index contributed by atoms with van der Waals surface area (Å²) in [5, 5.41) is 11.5. The molecule has 0 atom stereocenters. The number of benzene rings is 2. The zero-order chi connectivity index (χ0) is 13.9. The Bertz CT molecular complexity index is 910. The number of carbonyl (C=O) groups is 1. The first kappa shape index (κ1) is 11.1. The van der Waals surface area contributed by atoms with Crippen LogP contribution in [0.2, 0.25) is 0 Å². The van der Waals surface area contributed by atoms with Crippen molar-refractivity contribution in [3.8, 4) is 6.07 Å². The van der Waals surface area contributed by atoms with Gasteiger partial charge in [0, 0.05) is 11.1 Å². The molecule has 0 aromatic heterocycles. The highest BCUT2D eigenvalue weighted by molar-refractivity contribution is 6.50. The number of carbonyl (C=O) groups excluding carboxylic acids is 1. The molecule has 1 heterocycles. The summed E-state index contributed by atoms with van der Waals surface area (Å²) in [4.78, 5) is 15.9. The molecule has 1 aliphatic heterocycles. The summed E-state index contributed by atoms with van der Waals surface area (Å²) in [7, 11) is 0. The van der Waals surface area contributed by atoms with Crippen molar-refractivity contribution in [1.82, 2.24) is 0 Å². The Hall–Kier alpha value is -2.73. The number of allylic oxidation sites excluding steroid dienone is 1. The van der Waals surface area contributed by atoms with Crippen molar-refractivity contribution < 1.29 is 4.79 Å². The highest BCUT2D eigenvalue weighted by Crippen LogP contribution is 2.43. The van der Waals surface area contributed by atoms with Crippen molar-refractivity contribution in [3.05, 3.63) is 52.6 Å². The number of rotatable bonds is 1. The summed E-state index contributed by atoms with van der Waals surface area (Å²) in [6, 6.07) is 12.2. The summed E-state index contributed by atoms with van der Waals surface area (Å²) in [5.41, 5.74) is 4.76. The fourth-order valence-corrected chi connectivity index (χ4v) is 3.18. The standard InChI is InChI=1S/C17H10N2O/c1-2-9-6-7-11-14-10(9)4-3-5-12(14)16-15(11)13(8-18)17(20)19-16/h3-7H,2H2,1H3. The normalized spacial score (nSPS) is 15.6. The van der Waals surface area contributed by atoms with Crippen molar-refractivity contribution in [3.63, 3.8) is 0 Å². The predicted octanol–water partition coefficient (Wildman–Crippen LogP) is 3.02. The van der Waals surface area contributed by atoms with Gasteiger partial charge in [-0.05, 0) is 28.3 Å². The van der Waals surface area contributed by atoms with Crippen LogP contribution in [0.5, 0.6) is 0 Å². The highest BCUT2D eigenvalue weighted by Gasteiger charge is 2.35. The lowest BCUT2D eigenvalue weighted by Crippen LogP contribution is -1.94. The molecule has 0 N–H and O–H groups in total. The average Bonchev–Trinajstić information content (AvgIpc) is 2.95. The summed E-state index contributed by atoms with van der Waals surface area (Å²) in [6.45, 7) is 2.13. The zero-order valence-corrected chi connectivity index (χ0v) is 10.9. The molecule has 2 aromatic carbocycles. The van der Waals surface area contributed by atoms with Gasteiger partial charge in [-0.25, -0.2) is 4.99 Å². The van der Waals surface area contributed by atoms with E-state index in [2.05, 4.69) is 24.0 Å². The molecule has 0 bridgehead atoms. The van der Waals surface area contributed by atoms with Crippen LogP contribution in [0.3, 0.4) is 0 Å². The maximum Gasteiger partial charge on any atom is 0.288 e. The summed E-state index contributed by atoms with van der Waals surface area (Å²) < 4.78 is 0. The molecule has 4 rings (SSSR count). The molecule has 0 fully saturated rings. The van der Waals surface area contributed by atoms with Crippen molar-refractivity contribution in [2.75, 3.05) is 0 Å². The SMILES string of the molecule is CCc1ccc2c3c(cccc13)C1=NC(=O)C(C#N)=C12. The Kier molecular flexibility index (Phi) is 2.03. The van der Waals surface area contributed by atoms with E-state index in [1.807, 2.05) is 24.3 Å². The lowest BCUT2D eigenvalue weighted by atomic mass is 9.97. The third-order valence-electron chi connectivity index (χ3n) is 4.06. The minimum absolute atomic E-state index is 0.168. The fourth-order valence-electron chi connectivity index (χ4n) is 3.18. The first-order valence-corrected chi connectivity index (χ1v) is 6.59. The third-order valence-corrected chi connectivity index (χ3v) is 4.06. The molecule has 1 amide bonds. The molecule has 0 radical (unpaired) electrons. The van der Waals surface area contributed by atoms with Crippen LogP contribution in [0.15, 0.2) is 40.9 Å². The Balaban J connectivity index is 2.21. The maximum atomic E-state index is 11.8. The van der Waals surface area contributed by atoms with E-state index in [1.54, 1.807) is 0 Å². The van der Waals surface area contributed by atoms with Crippen LogP contribution >= 0.6 is 0 Å². The monoisotopic (exact) mass is 258 g/mol. The first-order chi connectivity index (χ1) is 9.76. The highest BCUT2D eigenvalue weighted by atomic mass is 16.1. The molecule has 20 heavy (non-hydrogen) atoms. The van der Waals surface area contributed by atoms with E-state index >= 15 is 0 Å². The zero-order valence-electron chi connectivity index (χ0n) is 10.9. The van der Waals surface area contributed by atoms with Gasteiger partial charge in [-0.2, -0.15) is 5.26 Å². The van der Waals surface area contributed by atoms with Gasteiger partial charge in [0.25, 0.3) is 5.91 Å². The topological polar surface area (TPSA) is 53.2 Å². The van der Waals surface area contributed by atoms with Crippen LogP contribution in [-0.4, -0.2) is 11.6 Å². The summed E-state index contributed by atoms with van der Waals surface area (Å²) in [5.74, 6) is -0.417.